The van der Waals surface area contributed by atoms with Crippen LogP contribution in [0.25, 0.3) is 0 Å². The molecule has 28 heavy (non-hydrogen) atoms. The lowest BCUT2D eigenvalue weighted by Crippen LogP contribution is -1.97. The lowest BCUT2D eigenvalue weighted by Gasteiger charge is -2.05. The van der Waals surface area contributed by atoms with Crippen molar-refractivity contribution in [2.45, 2.75) is 105 Å². The number of rotatable bonds is 6. The molecule has 0 radical (unpaired) electrons. The van der Waals surface area contributed by atoms with Crippen molar-refractivity contribution < 1.29 is 48.1 Å². The molecule has 1 aliphatic heterocycles. The molecule has 0 N–H and O–H groups in total. The number of hydrogen-bond donors (Lipinski definition) is 0. The fraction of sp³-hybridized carbons (Fsp3) is 0.769. The largest absolute Gasteiger partial charge is 0.381 e. The SMILES string of the molecule is C.C1=CCCCCCOCCCCCCCC1.CC/C=C\COC/C=C\CC.[2H][2H].[2H][2H].[2H][2H].[2H][2H].[2H][2H].[2H][2H].[2H][2H].[2H][2H].[2H][2H].[2H][2H].[2H][2H].[2H][2H].[2H][2H]. The van der Waals surface area contributed by atoms with Crippen molar-refractivity contribution in [1.29, 1.82) is 0 Å². The molecule has 2 heteroatoms. The second kappa shape index (κ2) is 28.4. The van der Waals surface area contributed by atoms with E-state index in [0.29, 0.717) is 0 Å². The summed E-state index contributed by atoms with van der Waals surface area (Å²) in [4.78, 5) is 0. The molecular formula is C26H76O2. The molecule has 0 aromatic heterocycles. The van der Waals surface area contributed by atoms with Crippen molar-refractivity contribution >= 4 is 0 Å². The minimum absolute atomic E-state index is 0. The van der Waals surface area contributed by atoms with Crippen LogP contribution < -0.4 is 0 Å². The van der Waals surface area contributed by atoms with E-state index in [0.717, 1.165) is 39.3 Å². The topological polar surface area (TPSA) is 18.5 Å². The lowest BCUT2D eigenvalue weighted by molar-refractivity contribution is 0.126. The van der Waals surface area contributed by atoms with Crippen LogP contribution in [0.15, 0.2) is 36.5 Å². The number of hydrogen-bond acceptors (Lipinski definition) is 2. The zero-order valence-corrected chi connectivity index (χ0v) is 18.3. The van der Waals surface area contributed by atoms with Gasteiger partial charge in [-0.25, -0.2) is 0 Å². The highest BCUT2D eigenvalue weighted by Crippen LogP contribution is 2.09. The molecule has 0 saturated carbocycles. The lowest BCUT2D eigenvalue weighted by atomic mass is 10.1. The predicted octanol–water partition coefficient (Wildman–Crippen LogP) is 11.6. The fourth-order valence-electron chi connectivity index (χ4n) is 2.83. The Morgan fingerprint density at radius 2 is 1.14 bits per heavy atom. The Balaban J connectivity index is -0.0000000271. The first-order valence-electron chi connectivity index (χ1n) is 24.5. The molecule has 2 nitrogen and oxygen atoms in total. The van der Waals surface area contributed by atoms with E-state index in [1.165, 1.54) is 70.6 Å². The molecule has 0 aromatic rings. The Morgan fingerprint density at radius 3 is 1.64 bits per heavy atom. The Hall–Kier alpha value is -0.860. The van der Waals surface area contributed by atoms with E-state index >= 15 is 0 Å². The minimum atomic E-state index is 0. The van der Waals surface area contributed by atoms with Crippen LogP contribution in [-0.4, -0.2) is 26.4 Å². The molecule has 1 rings (SSSR count). The molecule has 0 saturated heterocycles. The molecular weight excluding hydrogens is 344 g/mol. The Bertz CT molecular complexity index is 366. The summed E-state index contributed by atoms with van der Waals surface area (Å²) in [6.07, 6.45) is 29.9. The van der Waals surface area contributed by atoms with Gasteiger partial charge in [-0.05, 0) is 51.4 Å². The first-order chi connectivity index (χ1) is 26.4. The highest BCUT2D eigenvalue weighted by molar-refractivity contribution is 4.83. The third-order valence-electron chi connectivity index (χ3n) is 4.47. The predicted molar refractivity (Wildman–Crippen MR) is 155 cm³/mol. The zero-order chi connectivity index (χ0) is 45.7. The van der Waals surface area contributed by atoms with Gasteiger partial charge in [0.05, 0.1) is 13.2 Å². The molecule has 0 aromatic carbocycles. The molecule has 0 amide bonds. The van der Waals surface area contributed by atoms with Gasteiger partial charge in [0.2, 0.25) is 0 Å². The van der Waals surface area contributed by atoms with Crippen molar-refractivity contribution in [2.75, 3.05) is 26.4 Å². The first kappa shape index (κ1) is 12.7. The van der Waals surface area contributed by atoms with Crippen LogP contribution in [0.5, 0.6) is 0 Å². The normalized spacial score (nSPS) is 21.5. The van der Waals surface area contributed by atoms with E-state index < -0.39 is 0 Å². The van der Waals surface area contributed by atoms with Gasteiger partial charge in [0, 0.05) is 51.8 Å². The minimum Gasteiger partial charge on any atom is -0.381 e. The van der Waals surface area contributed by atoms with Crippen molar-refractivity contribution in [1.82, 2.24) is 0 Å². The molecule has 1 aliphatic rings. The van der Waals surface area contributed by atoms with E-state index in [2.05, 4.69) is 50.3 Å². The zero-order valence-electron chi connectivity index (χ0n) is 44.3. The summed E-state index contributed by atoms with van der Waals surface area (Å²) in [6.45, 7) is 7.67. The Kier molecular flexibility index (Phi) is 12.9. The van der Waals surface area contributed by atoms with Gasteiger partial charge in [0.25, 0.3) is 0 Å². The van der Waals surface area contributed by atoms with Crippen molar-refractivity contribution in [3.8, 4) is 0 Å². The van der Waals surface area contributed by atoms with Crippen LogP contribution in [0.4, 0.5) is 0 Å². The van der Waals surface area contributed by atoms with Crippen molar-refractivity contribution in [3.63, 3.8) is 0 Å². The molecule has 192 valence electrons. The molecule has 0 spiro atoms. The quantitative estimate of drug-likeness (QED) is 0.298. The summed E-state index contributed by atoms with van der Waals surface area (Å²) in [7, 11) is 0. The third-order valence-corrected chi connectivity index (χ3v) is 4.47. The summed E-state index contributed by atoms with van der Waals surface area (Å²) in [6, 6.07) is 0. The second-order valence-electron chi connectivity index (χ2n) is 7.14. The van der Waals surface area contributed by atoms with Gasteiger partial charge in [-0.1, -0.05) is 89.8 Å². The number of allylic oxidation sites excluding steroid dienone is 4. The average molecular weight is 447 g/mol. The van der Waals surface area contributed by atoms with Crippen molar-refractivity contribution in [2.24, 2.45) is 0 Å². The maximum absolute atomic E-state index is 5.62. The summed E-state index contributed by atoms with van der Waals surface area (Å²) < 4.78 is 141. The van der Waals surface area contributed by atoms with Gasteiger partial charge in [-0.2, -0.15) is 0 Å². The van der Waals surface area contributed by atoms with Crippen LogP contribution in [0.1, 0.15) is 143 Å². The molecule has 0 unspecified atom stereocenters. The van der Waals surface area contributed by atoms with Gasteiger partial charge in [0.1, 0.15) is 0 Å². The van der Waals surface area contributed by atoms with Crippen LogP contribution in [-0.2, 0) is 9.47 Å². The summed E-state index contributed by atoms with van der Waals surface area (Å²) >= 11 is 0. The van der Waals surface area contributed by atoms with Gasteiger partial charge in [-0.3, -0.25) is 0 Å². The van der Waals surface area contributed by atoms with Gasteiger partial charge >= 0.3 is 0 Å². The van der Waals surface area contributed by atoms with Gasteiger partial charge in [-0.15, -0.1) is 0 Å². The monoisotopic (exact) mass is 447 g/mol. The Labute approximate surface area is 217 Å². The third kappa shape index (κ3) is 27.4. The molecule has 1 heterocycles. The molecule has 0 atom stereocenters. The van der Waals surface area contributed by atoms with Gasteiger partial charge in [0.15, 0.2) is 0 Å². The maximum Gasteiger partial charge on any atom is 0.0651 e. The first-order valence-corrected chi connectivity index (χ1v) is 11.5. The second-order valence-corrected chi connectivity index (χ2v) is 7.14. The van der Waals surface area contributed by atoms with Crippen LogP contribution in [0.2, 0.25) is 0 Å². The number of ether oxygens (including phenoxy) is 2. The molecule has 0 aliphatic carbocycles. The summed E-state index contributed by atoms with van der Waals surface area (Å²) in [5, 5.41) is 0. The van der Waals surface area contributed by atoms with E-state index in [9.17, 15) is 0 Å². The van der Waals surface area contributed by atoms with Crippen LogP contribution >= 0.6 is 0 Å². The van der Waals surface area contributed by atoms with E-state index in [-0.39, 0.29) is 7.43 Å². The van der Waals surface area contributed by atoms with E-state index in [4.69, 9.17) is 48.1 Å². The maximum atomic E-state index is 5.62. The van der Waals surface area contributed by atoms with Crippen LogP contribution in [0.3, 0.4) is 0 Å². The Morgan fingerprint density at radius 1 is 0.714 bits per heavy atom. The van der Waals surface area contributed by atoms with Crippen LogP contribution in [0, 0.1) is 0 Å². The van der Waals surface area contributed by atoms with Gasteiger partial charge < -0.3 is 9.47 Å². The standard InChI is InChI=1S/C15H28O.C10H18O.CH4.13H2/c1-2-4-6-8-10-12-14-16-15-13-11-9-7-5-3-1;1-3-5-7-9-11-10-8-6-4-2;;;;;;;;;;;;;;/h2,4H,1,3,5-15H2;5-8H,3-4,9-10H2,1-2H3;1H4;13*1H/b;7-5-,8-6-;;;;;;;;;;;;;;/i;;;13*1+1D. The summed E-state index contributed by atoms with van der Waals surface area (Å²) in [5.41, 5.74) is 0. The molecule has 0 bridgehead atoms. The van der Waals surface area contributed by atoms with E-state index in [1.807, 2.05) is 0 Å². The fourth-order valence-corrected chi connectivity index (χ4v) is 2.83. The van der Waals surface area contributed by atoms with Crippen molar-refractivity contribution in [3.05, 3.63) is 36.5 Å². The highest BCUT2D eigenvalue weighted by atomic mass is 16.5. The average Bonchev–Trinajstić information content (AvgIpc) is 3.30. The highest BCUT2D eigenvalue weighted by Gasteiger charge is 1.94. The smallest absolute Gasteiger partial charge is 0.0651 e. The van der Waals surface area contributed by atoms with E-state index in [1.54, 1.807) is 0 Å². The molecule has 0 fully saturated rings. The summed E-state index contributed by atoms with van der Waals surface area (Å²) in [5.74, 6) is 0.